The van der Waals surface area contributed by atoms with Crippen LogP contribution in [0.25, 0.3) is 0 Å². The van der Waals surface area contributed by atoms with E-state index in [1.807, 2.05) is 24.3 Å². The molecule has 0 saturated carbocycles. The van der Waals surface area contributed by atoms with Gasteiger partial charge in [0.25, 0.3) is 0 Å². The van der Waals surface area contributed by atoms with Gasteiger partial charge in [-0.15, -0.1) is 26.3 Å². The van der Waals surface area contributed by atoms with Crippen LogP contribution in [0, 0.1) is 0 Å². The van der Waals surface area contributed by atoms with Crippen LogP contribution in [0.3, 0.4) is 0 Å². The standard InChI is InChI=1S/C15H26N2/c1-5-10-16(11-6-2)14-9-15-17(12-7-3)13-8-4/h5-8H,1-4,9-15H2. The van der Waals surface area contributed by atoms with Crippen molar-refractivity contribution >= 4 is 0 Å². The largest absolute Gasteiger partial charge is 0.296 e. The summed E-state index contributed by atoms with van der Waals surface area (Å²) in [4.78, 5) is 4.67. The van der Waals surface area contributed by atoms with E-state index in [1.54, 1.807) is 0 Å². The smallest absolute Gasteiger partial charge is 0.0163 e. The van der Waals surface area contributed by atoms with Crippen LogP contribution in [-0.2, 0) is 0 Å². The van der Waals surface area contributed by atoms with Gasteiger partial charge in [0.2, 0.25) is 0 Å². The second-order valence-corrected chi connectivity index (χ2v) is 4.03. The van der Waals surface area contributed by atoms with Gasteiger partial charge in [-0.05, 0) is 6.42 Å². The lowest BCUT2D eigenvalue weighted by atomic mass is 10.3. The van der Waals surface area contributed by atoms with Gasteiger partial charge in [0.1, 0.15) is 0 Å². The summed E-state index contributed by atoms with van der Waals surface area (Å²) in [5.74, 6) is 0. The van der Waals surface area contributed by atoms with Gasteiger partial charge >= 0.3 is 0 Å². The Kier molecular flexibility index (Phi) is 10.6. The average Bonchev–Trinajstić information content (AvgIpc) is 2.30. The highest BCUT2D eigenvalue weighted by Gasteiger charge is 2.03. The van der Waals surface area contributed by atoms with E-state index in [4.69, 9.17) is 0 Å². The van der Waals surface area contributed by atoms with Gasteiger partial charge in [-0.1, -0.05) is 24.3 Å². The molecule has 0 aromatic rings. The third-order valence-electron chi connectivity index (χ3n) is 2.50. The third-order valence-corrected chi connectivity index (χ3v) is 2.50. The van der Waals surface area contributed by atoms with Crippen LogP contribution in [0.5, 0.6) is 0 Å². The van der Waals surface area contributed by atoms with Crippen molar-refractivity contribution < 1.29 is 0 Å². The van der Waals surface area contributed by atoms with Crippen molar-refractivity contribution in [1.29, 1.82) is 0 Å². The van der Waals surface area contributed by atoms with Crippen LogP contribution < -0.4 is 0 Å². The first-order valence-corrected chi connectivity index (χ1v) is 6.16. The fourth-order valence-electron chi connectivity index (χ4n) is 1.76. The molecule has 0 atom stereocenters. The van der Waals surface area contributed by atoms with E-state index < -0.39 is 0 Å². The zero-order chi connectivity index (χ0) is 12.9. The van der Waals surface area contributed by atoms with Crippen molar-refractivity contribution in [3.8, 4) is 0 Å². The van der Waals surface area contributed by atoms with Crippen LogP contribution in [0.15, 0.2) is 50.6 Å². The summed E-state index contributed by atoms with van der Waals surface area (Å²) < 4.78 is 0. The van der Waals surface area contributed by atoms with E-state index in [2.05, 4.69) is 36.1 Å². The van der Waals surface area contributed by atoms with Crippen molar-refractivity contribution in [3.05, 3.63) is 50.6 Å². The van der Waals surface area contributed by atoms with Gasteiger partial charge in [0.15, 0.2) is 0 Å². The van der Waals surface area contributed by atoms with E-state index in [-0.39, 0.29) is 0 Å². The summed E-state index contributed by atoms with van der Waals surface area (Å²) >= 11 is 0. The summed E-state index contributed by atoms with van der Waals surface area (Å²) in [6.45, 7) is 20.9. The van der Waals surface area contributed by atoms with Crippen LogP contribution >= 0.6 is 0 Å². The normalized spacial score (nSPS) is 10.5. The number of hydrogen-bond acceptors (Lipinski definition) is 2. The van der Waals surface area contributed by atoms with Gasteiger partial charge in [0.05, 0.1) is 0 Å². The third kappa shape index (κ3) is 8.66. The highest BCUT2D eigenvalue weighted by Crippen LogP contribution is 1.97. The molecule has 0 heterocycles. The van der Waals surface area contributed by atoms with Crippen molar-refractivity contribution in [2.24, 2.45) is 0 Å². The topological polar surface area (TPSA) is 6.48 Å². The second kappa shape index (κ2) is 11.4. The maximum Gasteiger partial charge on any atom is 0.0163 e. The van der Waals surface area contributed by atoms with Crippen LogP contribution in [-0.4, -0.2) is 49.1 Å². The molecule has 96 valence electrons. The minimum atomic E-state index is 0.926. The SMILES string of the molecule is C=CCN(CC=C)CCCN(CC=C)CC=C. The molecule has 0 saturated heterocycles. The van der Waals surface area contributed by atoms with Gasteiger partial charge in [-0.2, -0.15) is 0 Å². The van der Waals surface area contributed by atoms with E-state index in [0.717, 1.165) is 45.7 Å². The van der Waals surface area contributed by atoms with Crippen LogP contribution in [0.4, 0.5) is 0 Å². The summed E-state index contributed by atoms with van der Waals surface area (Å²) in [5.41, 5.74) is 0. The Bertz CT molecular complexity index is 189. The molecule has 0 rings (SSSR count). The van der Waals surface area contributed by atoms with Crippen LogP contribution in [0.2, 0.25) is 0 Å². The van der Waals surface area contributed by atoms with Crippen molar-refractivity contribution in [2.45, 2.75) is 6.42 Å². The van der Waals surface area contributed by atoms with Crippen molar-refractivity contribution in [3.63, 3.8) is 0 Å². The zero-order valence-electron chi connectivity index (χ0n) is 11.0. The Hall–Kier alpha value is -1.12. The van der Waals surface area contributed by atoms with Gasteiger partial charge in [-0.3, -0.25) is 9.80 Å². The van der Waals surface area contributed by atoms with Gasteiger partial charge in [0, 0.05) is 39.3 Å². The van der Waals surface area contributed by atoms with Crippen molar-refractivity contribution in [1.82, 2.24) is 9.80 Å². The molecule has 0 unspecified atom stereocenters. The van der Waals surface area contributed by atoms with E-state index in [9.17, 15) is 0 Å². The number of hydrogen-bond donors (Lipinski definition) is 0. The lowest BCUT2D eigenvalue weighted by Gasteiger charge is -2.22. The lowest BCUT2D eigenvalue weighted by Crippen LogP contribution is -2.30. The molecular weight excluding hydrogens is 208 g/mol. The van der Waals surface area contributed by atoms with Crippen molar-refractivity contribution in [2.75, 3.05) is 39.3 Å². The summed E-state index contributed by atoms with van der Waals surface area (Å²) in [7, 11) is 0. The Morgan fingerprint density at radius 1 is 0.588 bits per heavy atom. The molecule has 0 fully saturated rings. The molecule has 2 heteroatoms. The van der Waals surface area contributed by atoms with E-state index >= 15 is 0 Å². The second-order valence-electron chi connectivity index (χ2n) is 4.03. The molecule has 17 heavy (non-hydrogen) atoms. The Balaban J connectivity index is 3.88. The molecular formula is C15H26N2. The summed E-state index contributed by atoms with van der Waals surface area (Å²) in [5, 5.41) is 0. The minimum Gasteiger partial charge on any atom is -0.296 e. The predicted molar refractivity (Wildman–Crippen MR) is 78.3 cm³/mol. The summed E-state index contributed by atoms with van der Waals surface area (Å²) in [6, 6.07) is 0. The zero-order valence-corrected chi connectivity index (χ0v) is 11.0. The first kappa shape index (κ1) is 15.9. The maximum absolute atomic E-state index is 3.77. The molecule has 0 aliphatic rings. The molecule has 0 spiro atoms. The molecule has 0 aromatic carbocycles. The molecule has 0 bridgehead atoms. The van der Waals surface area contributed by atoms with Gasteiger partial charge in [-0.25, -0.2) is 0 Å². The minimum absolute atomic E-state index is 0.926. The summed E-state index contributed by atoms with van der Waals surface area (Å²) in [6.07, 6.45) is 8.90. The number of rotatable bonds is 12. The maximum atomic E-state index is 3.77. The number of nitrogens with zero attached hydrogens (tertiary/aromatic N) is 2. The molecule has 0 aromatic heterocycles. The first-order chi connectivity index (χ1) is 8.28. The highest BCUT2D eigenvalue weighted by molar-refractivity contribution is 4.82. The first-order valence-electron chi connectivity index (χ1n) is 6.16. The Labute approximate surface area is 107 Å². The molecule has 2 nitrogen and oxygen atoms in total. The monoisotopic (exact) mass is 234 g/mol. The fraction of sp³-hybridized carbons (Fsp3) is 0.467. The Morgan fingerprint density at radius 2 is 0.882 bits per heavy atom. The molecule has 0 amide bonds. The molecule has 0 aliphatic carbocycles. The lowest BCUT2D eigenvalue weighted by molar-refractivity contribution is 0.277. The molecule has 0 radical (unpaired) electrons. The quantitative estimate of drug-likeness (QED) is 0.479. The van der Waals surface area contributed by atoms with E-state index in [1.165, 1.54) is 0 Å². The highest BCUT2D eigenvalue weighted by atomic mass is 15.1. The predicted octanol–water partition coefficient (Wildman–Crippen LogP) is 2.72. The fourth-order valence-corrected chi connectivity index (χ4v) is 1.76. The van der Waals surface area contributed by atoms with Gasteiger partial charge < -0.3 is 0 Å². The average molecular weight is 234 g/mol. The van der Waals surface area contributed by atoms with Crippen LogP contribution in [0.1, 0.15) is 6.42 Å². The Morgan fingerprint density at radius 3 is 1.12 bits per heavy atom. The molecule has 0 aliphatic heterocycles. The van der Waals surface area contributed by atoms with E-state index in [0.29, 0.717) is 0 Å². The molecule has 0 N–H and O–H groups in total.